The first-order valence-corrected chi connectivity index (χ1v) is 12.7. The molecule has 1 amide bonds. The van der Waals surface area contributed by atoms with Crippen molar-refractivity contribution in [1.29, 1.82) is 0 Å². The maximum Gasteiger partial charge on any atom is 0.408 e. The van der Waals surface area contributed by atoms with Gasteiger partial charge < -0.3 is 36.3 Å². The third-order valence-electron chi connectivity index (χ3n) is 7.19. The zero-order valence-corrected chi connectivity index (χ0v) is 23.6. The number of piperidine rings is 3. The van der Waals surface area contributed by atoms with Crippen LogP contribution in [0.5, 0.6) is 0 Å². The van der Waals surface area contributed by atoms with Gasteiger partial charge in [-0.3, -0.25) is 4.79 Å². The number of halogens is 1. The molecule has 3 aliphatic rings. The lowest BCUT2D eigenvalue weighted by Crippen LogP contribution is -3.00. The number of hydrogen-bond acceptors (Lipinski definition) is 5. The van der Waals surface area contributed by atoms with Crippen LogP contribution in [-0.4, -0.2) is 60.2 Å². The molecule has 2 aromatic rings. The van der Waals surface area contributed by atoms with Gasteiger partial charge in [-0.15, -0.1) is 0 Å². The number of alkyl carbamates (subject to hydrolysis) is 1. The molecule has 7 nitrogen and oxygen atoms in total. The van der Waals surface area contributed by atoms with Crippen molar-refractivity contribution in [2.24, 2.45) is 5.92 Å². The van der Waals surface area contributed by atoms with Gasteiger partial charge in [0.15, 0.2) is 12.1 Å². The number of nitrogens with zero attached hydrogens (tertiary/aromatic N) is 1. The Morgan fingerprint density at radius 3 is 2.22 bits per heavy atom. The number of ketones is 1. The van der Waals surface area contributed by atoms with E-state index in [1.165, 1.54) is 0 Å². The maximum absolute atomic E-state index is 13.5. The Balaban J connectivity index is 0.00000380. The standard InChI is InChI=1S/C29H36N2O5.BrH/c1-20-10-12-23(13-11-20)26(30-28(34)36-29(2,3)4)27(33)35-25-19-31(16-14-22(25)15-17-31)18-24(32)21-8-6-5-7-9-21;/h5-13,22,25-26H,14-19H2,1-4H3;1H/t22?,25-,26?,31?;/m0./s1. The van der Waals surface area contributed by atoms with E-state index in [1.54, 1.807) is 20.8 Å². The number of amides is 1. The third kappa shape index (κ3) is 7.42. The van der Waals surface area contributed by atoms with Gasteiger partial charge >= 0.3 is 12.1 Å². The van der Waals surface area contributed by atoms with Crippen molar-refractivity contribution in [1.82, 2.24) is 5.32 Å². The largest absolute Gasteiger partial charge is 1.00 e. The monoisotopic (exact) mass is 572 g/mol. The van der Waals surface area contributed by atoms with E-state index < -0.39 is 23.7 Å². The molecule has 2 atom stereocenters. The van der Waals surface area contributed by atoms with E-state index in [9.17, 15) is 14.4 Å². The molecule has 3 fully saturated rings. The topological polar surface area (TPSA) is 81.7 Å². The van der Waals surface area contributed by atoms with Crippen molar-refractivity contribution in [3.05, 3.63) is 71.3 Å². The minimum absolute atomic E-state index is 0. The van der Waals surface area contributed by atoms with Gasteiger partial charge in [0.25, 0.3) is 0 Å². The Morgan fingerprint density at radius 2 is 1.62 bits per heavy atom. The lowest BCUT2D eigenvalue weighted by molar-refractivity contribution is -0.938. The second-order valence-electron chi connectivity index (χ2n) is 11.2. The molecule has 0 radical (unpaired) electrons. The SMILES string of the molecule is Cc1ccc(C(NC(=O)OC(C)(C)C)C(=O)O[C@H]2C[N+]3(CC(=O)c4ccccc4)CCC2CC3)cc1.[Br-]. The van der Waals surface area contributed by atoms with Crippen molar-refractivity contribution in [2.75, 3.05) is 26.2 Å². The molecule has 3 saturated heterocycles. The quantitative estimate of drug-likeness (QED) is 0.309. The van der Waals surface area contributed by atoms with Crippen LogP contribution < -0.4 is 22.3 Å². The molecule has 0 aliphatic carbocycles. The van der Waals surface area contributed by atoms with Crippen LogP contribution in [0.3, 0.4) is 0 Å². The molecule has 1 N–H and O–H groups in total. The van der Waals surface area contributed by atoms with Crippen LogP contribution in [0.15, 0.2) is 54.6 Å². The van der Waals surface area contributed by atoms with E-state index in [2.05, 4.69) is 5.32 Å². The molecule has 3 heterocycles. The average molecular weight is 574 g/mol. The summed E-state index contributed by atoms with van der Waals surface area (Å²) in [6, 6.07) is 15.8. The van der Waals surface area contributed by atoms with E-state index in [0.29, 0.717) is 28.7 Å². The number of carbonyl (C=O) groups is 3. The van der Waals surface area contributed by atoms with E-state index in [0.717, 1.165) is 31.5 Å². The Labute approximate surface area is 229 Å². The van der Waals surface area contributed by atoms with Crippen LogP contribution in [-0.2, 0) is 14.3 Å². The first-order valence-electron chi connectivity index (χ1n) is 12.7. The van der Waals surface area contributed by atoms with Crippen molar-refractivity contribution >= 4 is 17.8 Å². The normalized spacial score (nSPS) is 23.4. The maximum atomic E-state index is 13.5. The zero-order chi connectivity index (χ0) is 25.9. The zero-order valence-electron chi connectivity index (χ0n) is 22.0. The second kappa shape index (κ2) is 11.8. The molecule has 0 spiro atoms. The van der Waals surface area contributed by atoms with Crippen LogP contribution in [0.1, 0.15) is 61.1 Å². The summed E-state index contributed by atoms with van der Waals surface area (Å²) in [5.41, 5.74) is 1.71. The van der Waals surface area contributed by atoms with Crippen LogP contribution >= 0.6 is 0 Å². The van der Waals surface area contributed by atoms with Gasteiger partial charge in [-0.05, 0) is 33.3 Å². The molecule has 200 valence electrons. The predicted molar refractivity (Wildman–Crippen MR) is 136 cm³/mol. The summed E-state index contributed by atoms with van der Waals surface area (Å²) in [6.45, 7) is 10.1. The Hall–Kier alpha value is -2.71. The molecule has 2 bridgehead atoms. The summed E-state index contributed by atoms with van der Waals surface area (Å²) >= 11 is 0. The highest BCUT2D eigenvalue weighted by Gasteiger charge is 2.49. The van der Waals surface area contributed by atoms with E-state index in [4.69, 9.17) is 9.47 Å². The van der Waals surface area contributed by atoms with Gasteiger partial charge in [-0.2, -0.15) is 0 Å². The fourth-order valence-corrected chi connectivity index (χ4v) is 5.28. The Morgan fingerprint density at radius 1 is 1.00 bits per heavy atom. The second-order valence-corrected chi connectivity index (χ2v) is 11.2. The number of quaternary nitrogens is 1. The van der Waals surface area contributed by atoms with Crippen LogP contribution in [0.4, 0.5) is 4.79 Å². The number of hydrogen-bond donors (Lipinski definition) is 1. The molecule has 1 unspecified atom stereocenters. The molecule has 2 aromatic carbocycles. The highest BCUT2D eigenvalue weighted by molar-refractivity contribution is 5.97. The summed E-state index contributed by atoms with van der Waals surface area (Å²) in [5.74, 6) is -0.123. The van der Waals surface area contributed by atoms with E-state index in [-0.39, 0.29) is 34.8 Å². The number of nitrogens with one attached hydrogen (secondary N) is 1. The van der Waals surface area contributed by atoms with E-state index in [1.807, 2.05) is 61.5 Å². The minimum Gasteiger partial charge on any atom is -1.00 e. The van der Waals surface area contributed by atoms with Crippen molar-refractivity contribution < 1.29 is 45.3 Å². The first kappa shape index (κ1) is 28.9. The number of ether oxygens (including phenoxy) is 2. The van der Waals surface area contributed by atoms with Crippen molar-refractivity contribution in [3.63, 3.8) is 0 Å². The number of aryl methyl sites for hydroxylation is 1. The lowest BCUT2D eigenvalue weighted by Gasteiger charge is -2.51. The Bertz CT molecular complexity index is 1090. The van der Waals surface area contributed by atoms with Gasteiger partial charge in [-0.25, -0.2) is 9.59 Å². The fraction of sp³-hybridized carbons (Fsp3) is 0.483. The molecule has 5 rings (SSSR count). The number of fused-ring (bicyclic) bond motifs is 3. The highest BCUT2D eigenvalue weighted by atomic mass is 79.9. The summed E-state index contributed by atoms with van der Waals surface area (Å²) < 4.78 is 12.1. The number of rotatable bonds is 7. The number of esters is 1. The van der Waals surface area contributed by atoms with Gasteiger partial charge in [0, 0.05) is 24.3 Å². The summed E-state index contributed by atoms with van der Waals surface area (Å²) in [4.78, 5) is 39.0. The number of benzene rings is 2. The van der Waals surface area contributed by atoms with Gasteiger partial charge in [0.2, 0.25) is 5.78 Å². The number of Topliss-reactive ketones (excluding diaryl/α,β-unsaturated/α-hetero) is 1. The predicted octanol–water partition coefficient (Wildman–Crippen LogP) is 1.60. The van der Waals surface area contributed by atoms with Gasteiger partial charge in [-0.1, -0.05) is 60.2 Å². The van der Waals surface area contributed by atoms with Crippen molar-refractivity contribution in [2.45, 2.75) is 58.3 Å². The van der Waals surface area contributed by atoms with E-state index >= 15 is 0 Å². The molecule has 0 saturated carbocycles. The van der Waals surface area contributed by atoms with Crippen LogP contribution in [0, 0.1) is 12.8 Å². The Kier molecular flexibility index (Phi) is 9.18. The highest BCUT2D eigenvalue weighted by Crippen LogP contribution is 2.36. The van der Waals surface area contributed by atoms with Crippen LogP contribution in [0.25, 0.3) is 0 Å². The summed E-state index contributed by atoms with van der Waals surface area (Å²) in [5, 5.41) is 2.71. The molecule has 8 heteroatoms. The summed E-state index contributed by atoms with van der Waals surface area (Å²) in [7, 11) is 0. The molecular formula is C29H37BrN2O5. The van der Waals surface area contributed by atoms with Gasteiger partial charge in [0.05, 0.1) is 13.1 Å². The molecule has 3 aliphatic heterocycles. The van der Waals surface area contributed by atoms with Gasteiger partial charge in [0.1, 0.15) is 18.7 Å². The average Bonchev–Trinajstić information content (AvgIpc) is 2.83. The lowest BCUT2D eigenvalue weighted by atomic mass is 9.82. The smallest absolute Gasteiger partial charge is 0.408 e. The third-order valence-corrected chi connectivity index (χ3v) is 7.19. The molecule has 0 aromatic heterocycles. The fourth-order valence-electron chi connectivity index (χ4n) is 5.28. The molecule has 37 heavy (non-hydrogen) atoms. The minimum atomic E-state index is -0.977. The van der Waals surface area contributed by atoms with Crippen LogP contribution in [0.2, 0.25) is 0 Å². The first-order chi connectivity index (χ1) is 17.0. The number of carbonyl (C=O) groups excluding carboxylic acids is 3. The summed E-state index contributed by atoms with van der Waals surface area (Å²) in [6.07, 6.45) is 0.858. The van der Waals surface area contributed by atoms with Crippen molar-refractivity contribution in [3.8, 4) is 0 Å². The molecular weight excluding hydrogens is 536 g/mol.